The van der Waals surface area contributed by atoms with E-state index in [9.17, 15) is 18.3 Å². The zero-order chi connectivity index (χ0) is 14.8. The van der Waals surface area contributed by atoms with Crippen LogP contribution in [0, 0.1) is 0 Å². The van der Waals surface area contributed by atoms with Gasteiger partial charge in [0.2, 0.25) is 0 Å². The molecule has 3 nitrogen and oxygen atoms in total. The predicted octanol–water partition coefficient (Wildman–Crippen LogP) is 2.59. The van der Waals surface area contributed by atoms with Crippen LogP contribution in [0.15, 0.2) is 36.7 Å². The minimum absolute atomic E-state index is 0.179. The highest BCUT2D eigenvalue weighted by atomic mass is 19.4. The Hall–Kier alpha value is -1.82. The Morgan fingerprint density at radius 3 is 2.55 bits per heavy atom. The predicted molar refractivity (Wildman–Crippen MR) is 68.1 cm³/mol. The highest BCUT2D eigenvalue weighted by Crippen LogP contribution is 2.29. The number of alkyl halides is 3. The van der Waals surface area contributed by atoms with Crippen LogP contribution >= 0.6 is 0 Å². The van der Waals surface area contributed by atoms with Crippen molar-refractivity contribution >= 4 is 0 Å². The van der Waals surface area contributed by atoms with Crippen LogP contribution in [-0.2, 0) is 26.1 Å². The molecule has 2 rings (SSSR count). The second-order valence-corrected chi connectivity index (χ2v) is 4.78. The molecule has 1 atom stereocenters. The van der Waals surface area contributed by atoms with Crippen LogP contribution in [0.25, 0.3) is 0 Å². The molecule has 1 aromatic carbocycles. The summed E-state index contributed by atoms with van der Waals surface area (Å²) in [5, 5.41) is 13.9. The molecule has 1 N–H and O–H groups in total. The molecule has 108 valence electrons. The maximum absolute atomic E-state index is 12.6. The third-order valence-electron chi connectivity index (χ3n) is 2.96. The minimum atomic E-state index is -4.36. The minimum Gasteiger partial charge on any atom is -0.392 e. The zero-order valence-electron chi connectivity index (χ0n) is 10.9. The lowest BCUT2D eigenvalue weighted by atomic mass is 10.0. The standard InChI is InChI=1S/C14H15F3N2O/c1-19-9-11(8-18-19)7-13(20)6-10-3-2-4-12(5-10)14(15,16)17/h2-5,8-9,13,20H,6-7H2,1H3. The van der Waals surface area contributed by atoms with Gasteiger partial charge in [0.15, 0.2) is 0 Å². The number of aromatic nitrogens is 2. The largest absolute Gasteiger partial charge is 0.416 e. The average Bonchev–Trinajstić information content (AvgIpc) is 2.73. The summed E-state index contributed by atoms with van der Waals surface area (Å²) in [5.74, 6) is 0. The van der Waals surface area contributed by atoms with Gasteiger partial charge in [0.05, 0.1) is 17.9 Å². The Kier molecular flexibility index (Phi) is 4.13. The number of benzene rings is 1. The lowest BCUT2D eigenvalue weighted by Crippen LogP contribution is -2.14. The maximum atomic E-state index is 12.6. The molecule has 0 spiro atoms. The summed E-state index contributed by atoms with van der Waals surface area (Å²) in [6, 6.07) is 5.04. The van der Waals surface area contributed by atoms with Crippen LogP contribution in [0.5, 0.6) is 0 Å². The second kappa shape index (κ2) is 5.66. The van der Waals surface area contributed by atoms with Crippen molar-refractivity contribution in [2.45, 2.75) is 25.1 Å². The quantitative estimate of drug-likeness (QED) is 0.937. The normalized spacial score (nSPS) is 13.4. The fourth-order valence-corrected chi connectivity index (χ4v) is 2.07. The van der Waals surface area contributed by atoms with Gasteiger partial charge in [-0.1, -0.05) is 18.2 Å². The monoisotopic (exact) mass is 284 g/mol. The fourth-order valence-electron chi connectivity index (χ4n) is 2.07. The van der Waals surface area contributed by atoms with E-state index in [1.807, 2.05) is 0 Å². The van der Waals surface area contributed by atoms with Crippen LogP contribution < -0.4 is 0 Å². The Labute approximate surface area is 114 Å². The molecular formula is C14H15F3N2O. The third kappa shape index (κ3) is 3.84. The van der Waals surface area contributed by atoms with Crippen LogP contribution in [-0.4, -0.2) is 21.0 Å². The Morgan fingerprint density at radius 2 is 1.95 bits per heavy atom. The SMILES string of the molecule is Cn1cc(CC(O)Cc2cccc(C(F)(F)F)c2)cn1. The Balaban J connectivity index is 2.02. The molecule has 0 aliphatic heterocycles. The second-order valence-electron chi connectivity index (χ2n) is 4.78. The first kappa shape index (κ1) is 14.6. The van der Waals surface area contributed by atoms with Gasteiger partial charge in [-0.05, 0) is 23.6 Å². The summed E-state index contributed by atoms with van der Waals surface area (Å²) >= 11 is 0. The van der Waals surface area contributed by atoms with E-state index in [4.69, 9.17) is 0 Å². The van der Waals surface area contributed by atoms with Gasteiger partial charge in [-0.15, -0.1) is 0 Å². The summed E-state index contributed by atoms with van der Waals surface area (Å²) in [7, 11) is 1.77. The molecule has 1 heterocycles. The molecule has 20 heavy (non-hydrogen) atoms. The summed E-state index contributed by atoms with van der Waals surface area (Å²) in [4.78, 5) is 0. The van der Waals surface area contributed by atoms with Crippen molar-refractivity contribution in [3.05, 3.63) is 53.3 Å². The van der Waals surface area contributed by atoms with Crippen molar-refractivity contribution in [1.82, 2.24) is 9.78 Å². The summed E-state index contributed by atoms with van der Waals surface area (Å²) in [5.41, 5.74) is 0.631. The van der Waals surface area contributed by atoms with Gasteiger partial charge in [-0.2, -0.15) is 18.3 Å². The summed E-state index contributed by atoms with van der Waals surface area (Å²) in [6.45, 7) is 0. The molecule has 0 amide bonds. The highest BCUT2D eigenvalue weighted by Gasteiger charge is 2.30. The number of aliphatic hydroxyl groups is 1. The Bertz CT molecular complexity index is 578. The van der Waals surface area contributed by atoms with Crippen molar-refractivity contribution in [2.24, 2.45) is 7.05 Å². The van der Waals surface area contributed by atoms with E-state index in [2.05, 4.69) is 5.10 Å². The number of hydrogen-bond donors (Lipinski definition) is 1. The molecule has 0 saturated heterocycles. The van der Waals surface area contributed by atoms with Gasteiger partial charge in [-0.3, -0.25) is 4.68 Å². The first-order valence-corrected chi connectivity index (χ1v) is 6.16. The van der Waals surface area contributed by atoms with E-state index in [1.165, 1.54) is 6.07 Å². The van der Waals surface area contributed by atoms with Crippen LogP contribution in [0.3, 0.4) is 0 Å². The van der Waals surface area contributed by atoms with E-state index in [-0.39, 0.29) is 6.42 Å². The molecule has 0 bridgehead atoms. The van der Waals surface area contributed by atoms with Crippen molar-refractivity contribution in [3.63, 3.8) is 0 Å². The van der Waals surface area contributed by atoms with Crippen molar-refractivity contribution in [1.29, 1.82) is 0 Å². The molecule has 1 aromatic heterocycles. The lowest BCUT2D eigenvalue weighted by Gasteiger charge is -2.12. The van der Waals surface area contributed by atoms with Crippen LogP contribution in [0.4, 0.5) is 13.2 Å². The third-order valence-corrected chi connectivity index (χ3v) is 2.96. The van der Waals surface area contributed by atoms with Crippen LogP contribution in [0.1, 0.15) is 16.7 Å². The summed E-state index contributed by atoms with van der Waals surface area (Å²) < 4.78 is 39.4. The number of aliphatic hydroxyl groups excluding tert-OH is 1. The number of aryl methyl sites for hydroxylation is 1. The van der Waals surface area contributed by atoms with Gasteiger partial charge >= 0.3 is 6.18 Å². The van der Waals surface area contributed by atoms with E-state index >= 15 is 0 Å². The molecule has 0 saturated carbocycles. The van der Waals surface area contributed by atoms with E-state index in [1.54, 1.807) is 30.2 Å². The number of halogens is 3. The van der Waals surface area contributed by atoms with Gasteiger partial charge in [-0.25, -0.2) is 0 Å². The van der Waals surface area contributed by atoms with Gasteiger partial charge < -0.3 is 5.11 Å². The first-order chi connectivity index (χ1) is 9.34. The molecule has 1 unspecified atom stereocenters. The molecule has 2 aromatic rings. The Morgan fingerprint density at radius 1 is 1.25 bits per heavy atom. The van der Waals surface area contributed by atoms with E-state index < -0.39 is 17.8 Å². The van der Waals surface area contributed by atoms with Gasteiger partial charge in [0.25, 0.3) is 0 Å². The highest BCUT2D eigenvalue weighted by molar-refractivity contribution is 5.26. The number of rotatable bonds is 4. The van der Waals surface area contributed by atoms with Gasteiger partial charge in [0, 0.05) is 19.7 Å². The average molecular weight is 284 g/mol. The first-order valence-electron chi connectivity index (χ1n) is 6.16. The summed E-state index contributed by atoms with van der Waals surface area (Å²) in [6.07, 6.45) is -1.14. The molecular weight excluding hydrogens is 269 g/mol. The fraction of sp³-hybridized carbons (Fsp3) is 0.357. The van der Waals surface area contributed by atoms with Crippen molar-refractivity contribution in [2.75, 3.05) is 0 Å². The lowest BCUT2D eigenvalue weighted by molar-refractivity contribution is -0.137. The molecule has 0 aliphatic carbocycles. The van der Waals surface area contributed by atoms with E-state index in [0.29, 0.717) is 12.0 Å². The van der Waals surface area contributed by atoms with Crippen molar-refractivity contribution in [3.8, 4) is 0 Å². The molecule has 0 fully saturated rings. The number of hydrogen-bond acceptors (Lipinski definition) is 2. The molecule has 6 heteroatoms. The number of nitrogens with zero attached hydrogens (tertiary/aromatic N) is 2. The molecule has 0 radical (unpaired) electrons. The van der Waals surface area contributed by atoms with Crippen LogP contribution in [0.2, 0.25) is 0 Å². The topological polar surface area (TPSA) is 38.0 Å². The zero-order valence-corrected chi connectivity index (χ0v) is 10.9. The van der Waals surface area contributed by atoms with Crippen molar-refractivity contribution < 1.29 is 18.3 Å². The van der Waals surface area contributed by atoms with Gasteiger partial charge in [0.1, 0.15) is 0 Å². The maximum Gasteiger partial charge on any atom is 0.416 e. The smallest absolute Gasteiger partial charge is 0.392 e. The van der Waals surface area contributed by atoms with E-state index in [0.717, 1.165) is 17.7 Å². The molecule has 0 aliphatic rings.